The molecule has 0 aromatic carbocycles. The van der Waals surface area contributed by atoms with Crippen LogP contribution in [0.5, 0.6) is 0 Å². The van der Waals surface area contributed by atoms with Crippen molar-refractivity contribution < 1.29 is 23.5 Å². The highest BCUT2D eigenvalue weighted by atomic mass is 16.5. The smallest absolute Gasteiger partial charge is 0.331 e. The Morgan fingerprint density at radius 1 is 1.19 bits per heavy atom. The Bertz CT molecular complexity index is 669. The van der Waals surface area contributed by atoms with Crippen molar-refractivity contribution in [3.05, 3.63) is 24.2 Å². The van der Waals surface area contributed by atoms with E-state index in [1.54, 1.807) is 11.0 Å². The number of carbonyl (C=O) groups excluding carboxylic acids is 3. The van der Waals surface area contributed by atoms with Crippen LogP contribution < -0.4 is 5.32 Å². The first kappa shape index (κ1) is 19.5. The van der Waals surface area contributed by atoms with Crippen molar-refractivity contribution in [3.8, 4) is 0 Å². The summed E-state index contributed by atoms with van der Waals surface area (Å²) in [6, 6.07) is 1.64. The van der Waals surface area contributed by atoms with Gasteiger partial charge in [-0.1, -0.05) is 6.92 Å². The van der Waals surface area contributed by atoms with Crippen LogP contribution in [0.3, 0.4) is 0 Å². The fraction of sp³-hybridized carbons (Fsp3) is 0.650. The van der Waals surface area contributed by atoms with E-state index in [0.717, 1.165) is 12.8 Å². The Labute approximate surface area is 159 Å². The number of hydrogen-bond acceptors (Lipinski definition) is 5. The Morgan fingerprint density at radius 2 is 1.85 bits per heavy atom. The number of esters is 1. The van der Waals surface area contributed by atoms with Crippen LogP contribution >= 0.6 is 0 Å². The second-order valence-electron chi connectivity index (χ2n) is 7.82. The van der Waals surface area contributed by atoms with Crippen LogP contribution in [0.4, 0.5) is 0 Å². The van der Waals surface area contributed by atoms with Gasteiger partial charge in [-0.05, 0) is 50.5 Å². The molecule has 1 N–H and O–H groups in total. The monoisotopic (exact) mass is 376 g/mol. The second kappa shape index (κ2) is 8.15. The maximum atomic E-state index is 12.8. The third kappa shape index (κ3) is 4.17. The molecule has 3 rings (SSSR count). The van der Waals surface area contributed by atoms with Gasteiger partial charge in [0.1, 0.15) is 11.8 Å². The van der Waals surface area contributed by atoms with Gasteiger partial charge in [0.05, 0.1) is 18.9 Å². The van der Waals surface area contributed by atoms with Gasteiger partial charge in [-0.2, -0.15) is 0 Å². The van der Waals surface area contributed by atoms with Crippen LogP contribution in [0.2, 0.25) is 0 Å². The van der Waals surface area contributed by atoms with Gasteiger partial charge in [-0.3, -0.25) is 9.59 Å². The summed E-state index contributed by atoms with van der Waals surface area (Å²) in [5.74, 6) is -0.174. The fourth-order valence-corrected chi connectivity index (χ4v) is 4.08. The van der Waals surface area contributed by atoms with Gasteiger partial charge in [0.15, 0.2) is 0 Å². The molecule has 148 valence electrons. The van der Waals surface area contributed by atoms with Gasteiger partial charge in [0.25, 0.3) is 5.91 Å². The molecule has 1 aromatic heterocycles. The molecule has 0 atom stereocenters. The molecule has 7 heteroatoms. The first-order valence-electron chi connectivity index (χ1n) is 9.67. The molecule has 1 aliphatic carbocycles. The van der Waals surface area contributed by atoms with Crippen molar-refractivity contribution in [2.24, 2.45) is 11.8 Å². The minimum absolute atomic E-state index is 0.0742. The van der Waals surface area contributed by atoms with Crippen molar-refractivity contribution in [2.45, 2.75) is 51.0 Å². The summed E-state index contributed by atoms with van der Waals surface area (Å²) in [6.07, 6.45) is 7.11. The summed E-state index contributed by atoms with van der Waals surface area (Å²) in [5.41, 5.74) is -0.374. The lowest BCUT2D eigenvalue weighted by Gasteiger charge is -2.39. The number of piperidine rings is 1. The maximum Gasteiger partial charge on any atom is 0.331 e. The second-order valence-corrected chi connectivity index (χ2v) is 7.82. The first-order valence-corrected chi connectivity index (χ1v) is 9.67. The van der Waals surface area contributed by atoms with E-state index in [1.807, 2.05) is 0 Å². The van der Waals surface area contributed by atoms with E-state index in [9.17, 15) is 14.4 Å². The third-order valence-electron chi connectivity index (χ3n) is 5.99. The Balaban J connectivity index is 1.58. The van der Waals surface area contributed by atoms with Crippen LogP contribution in [-0.4, -0.2) is 48.4 Å². The highest BCUT2D eigenvalue weighted by Crippen LogP contribution is 2.33. The van der Waals surface area contributed by atoms with Gasteiger partial charge >= 0.3 is 5.97 Å². The lowest BCUT2D eigenvalue weighted by molar-refractivity contribution is -0.153. The topological polar surface area (TPSA) is 88.9 Å². The molecule has 1 aliphatic heterocycles. The zero-order valence-electron chi connectivity index (χ0n) is 16.0. The summed E-state index contributed by atoms with van der Waals surface area (Å²) >= 11 is 0. The molecule has 1 aromatic rings. The van der Waals surface area contributed by atoms with Crippen molar-refractivity contribution in [2.75, 3.05) is 20.2 Å². The largest absolute Gasteiger partial charge is 0.472 e. The van der Waals surface area contributed by atoms with Crippen LogP contribution in [0.25, 0.3) is 0 Å². The number of rotatable bonds is 4. The number of likely N-dealkylation sites (tertiary alicyclic amines) is 1. The maximum absolute atomic E-state index is 12.8. The van der Waals surface area contributed by atoms with Gasteiger partial charge in [-0.15, -0.1) is 0 Å². The molecule has 2 amide bonds. The van der Waals surface area contributed by atoms with E-state index in [-0.39, 0.29) is 23.7 Å². The molecule has 27 heavy (non-hydrogen) atoms. The van der Waals surface area contributed by atoms with E-state index < -0.39 is 5.54 Å². The molecule has 0 bridgehead atoms. The number of methoxy groups -OCH3 is 1. The van der Waals surface area contributed by atoms with E-state index in [1.165, 1.54) is 19.6 Å². The number of nitrogens with zero attached hydrogens (tertiary/aromatic N) is 1. The predicted molar refractivity (Wildman–Crippen MR) is 97.9 cm³/mol. The van der Waals surface area contributed by atoms with Crippen molar-refractivity contribution in [1.29, 1.82) is 0 Å². The SMILES string of the molecule is COC(=O)C1(NC(=O)C2CCN(C(=O)c3ccoc3)CC2)CCC(C)CC1. The summed E-state index contributed by atoms with van der Waals surface area (Å²) in [4.78, 5) is 39.3. The minimum Gasteiger partial charge on any atom is -0.472 e. The number of furan rings is 1. The third-order valence-corrected chi connectivity index (χ3v) is 5.99. The summed E-state index contributed by atoms with van der Waals surface area (Å²) in [6.45, 7) is 3.20. The highest BCUT2D eigenvalue weighted by Gasteiger charge is 2.44. The zero-order chi connectivity index (χ0) is 19.4. The predicted octanol–water partition coefficient (Wildman–Crippen LogP) is 2.37. The number of amides is 2. The number of nitrogens with one attached hydrogen (secondary N) is 1. The molecule has 2 heterocycles. The molecule has 2 fully saturated rings. The molecule has 0 unspecified atom stereocenters. The minimum atomic E-state index is -0.901. The molecular weight excluding hydrogens is 348 g/mol. The number of hydrogen-bond donors (Lipinski definition) is 1. The van der Waals surface area contributed by atoms with Gasteiger partial charge < -0.3 is 19.4 Å². The van der Waals surface area contributed by atoms with Crippen LogP contribution in [0.1, 0.15) is 55.8 Å². The van der Waals surface area contributed by atoms with Gasteiger partial charge in [-0.25, -0.2) is 4.79 Å². The van der Waals surface area contributed by atoms with Crippen molar-refractivity contribution in [1.82, 2.24) is 10.2 Å². The van der Waals surface area contributed by atoms with E-state index in [2.05, 4.69) is 12.2 Å². The molecule has 2 aliphatic rings. The highest BCUT2D eigenvalue weighted by molar-refractivity contribution is 5.94. The Morgan fingerprint density at radius 3 is 2.41 bits per heavy atom. The average Bonchev–Trinajstić information content (AvgIpc) is 3.23. The van der Waals surface area contributed by atoms with Crippen LogP contribution in [-0.2, 0) is 14.3 Å². The normalized spacial score (nSPS) is 26.4. The lowest BCUT2D eigenvalue weighted by Crippen LogP contribution is -2.58. The molecule has 1 saturated heterocycles. The van der Waals surface area contributed by atoms with Crippen LogP contribution in [0.15, 0.2) is 23.0 Å². The zero-order valence-corrected chi connectivity index (χ0v) is 16.0. The number of carbonyl (C=O) groups is 3. The lowest BCUT2D eigenvalue weighted by atomic mass is 9.76. The number of ether oxygens (including phenoxy) is 1. The molecule has 0 spiro atoms. The van der Waals surface area contributed by atoms with E-state index in [0.29, 0.717) is 50.3 Å². The van der Waals surface area contributed by atoms with Gasteiger partial charge in [0, 0.05) is 19.0 Å². The standard InChI is InChI=1S/C20H28N2O5/c1-14-3-8-20(9-4-14,19(25)26-2)21-17(23)15-5-10-22(11-6-15)18(24)16-7-12-27-13-16/h7,12-15H,3-6,8-11H2,1-2H3,(H,21,23). The Kier molecular flexibility index (Phi) is 5.87. The van der Waals surface area contributed by atoms with E-state index in [4.69, 9.17) is 9.15 Å². The molecule has 0 radical (unpaired) electrons. The van der Waals surface area contributed by atoms with Crippen molar-refractivity contribution >= 4 is 17.8 Å². The van der Waals surface area contributed by atoms with Gasteiger partial charge in [0.2, 0.25) is 5.91 Å². The average molecular weight is 376 g/mol. The summed E-state index contributed by atoms with van der Waals surface area (Å²) in [5, 5.41) is 3.01. The summed E-state index contributed by atoms with van der Waals surface area (Å²) in [7, 11) is 1.37. The van der Waals surface area contributed by atoms with E-state index >= 15 is 0 Å². The molecule has 1 saturated carbocycles. The first-order chi connectivity index (χ1) is 12.9. The fourth-order valence-electron chi connectivity index (χ4n) is 4.08. The van der Waals surface area contributed by atoms with Crippen molar-refractivity contribution in [3.63, 3.8) is 0 Å². The summed E-state index contributed by atoms with van der Waals surface area (Å²) < 4.78 is 9.96. The molecular formula is C20H28N2O5. The molecule has 7 nitrogen and oxygen atoms in total. The van der Waals surface area contributed by atoms with Crippen LogP contribution in [0, 0.1) is 11.8 Å². The quantitative estimate of drug-likeness (QED) is 0.815. The Hall–Kier alpha value is -2.31.